The molecule has 1 N–H and O–H groups in total. The van der Waals surface area contributed by atoms with Gasteiger partial charge in [0.1, 0.15) is 0 Å². The van der Waals surface area contributed by atoms with Crippen molar-refractivity contribution in [3.05, 3.63) is 63.0 Å². The SMILES string of the molecule is Cc1cc(-c2csc(Nc3ccc(C)c(Cl)c3)n2)ccc1Cl. The van der Waals surface area contributed by atoms with Gasteiger partial charge < -0.3 is 5.32 Å². The first kappa shape index (κ1) is 15.3. The van der Waals surface area contributed by atoms with E-state index in [1.54, 1.807) is 11.3 Å². The van der Waals surface area contributed by atoms with Crippen LogP contribution in [0.3, 0.4) is 0 Å². The van der Waals surface area contributed by atoms with Crippen molar-refractivity contribution in [2.45, 2.75) is 13.8 Å². The highest BCUT2D eigenvalue weighted by Gasteiger charge is 2.07. The van der Waals surface area contributed by atoms with Crippen molar-refractivity contribution in [1.82, 2.24) is 4.98 Å². The van der Waals surface area contributed by atoms with Crippen LogP contribution in [0.25, 0.3) is 11.3 Å². The molecule has 5 heteroatoms. The summed E-state index contributed by atoms with van der Waals surface area (Å²) in [5.74, 6) is 0. The number of rotatable bonds is 3. The van der Waals surface area contributed by atoms with Crippen LogP contribution in [0.5, 0.6) is 0 Å². The number of nitrogens with one attached hydrogen (secondary N) is 1. The molecule has 0 spiro atoms. The zero-order valence-electron chi connectivity index (χ0n) is 12.2. The maximum absolute atomic E-state index is 6.14. The summed E-state index contributed by atoms with van der Waals surface area (Å²) in [6.07, 6.45) is 0. The Morgan fingerprint density at radius 2 is 1.77 bits per heavy atom. The van der Waals surface area contributed by atoms with E-state index in [2.05, 4.69) is 10.3 Å². The number of aryl methyl sites for hydroxylation is 2. The molecule has 0 aliphatic heterocycles. The quantitative estimate of drug-likeness (QED) is 0.585. The molecule has 0 radical (unpaired) electrons. The average molecular weight is 349 g/mol. The number of aromatic nitrogens is 1. The molecule has 2 aromatic carbocycles. The predicted octanol–water partition coefficient (Wildman–Crippen LogP) is 6.48. The third kappa shape index (κ3) is 3.27. The van der Waals surface area contributed by atoms with Gasteiger partial charge in [-0.15, -0.1) is 11.3 Å². The highest BCUT2D eigenvalue weighted by atomic mass is 35.5. The van der Waals surface area contributed by atoms with E-state index in [0.29, 0.717) is 0 Å². The molecule has 112 valence electrons. The Morgan fingerprint density at radius 3 is 2.50 bits per heavy atom. The molecular formula is C17H14Cl2N2S. The summed E-state index contributed by atoms with van der Waals surface area (Å²) in [5.41, 5.74) is 5.04. The van der Waals surface area contributed by atoms with Crippen molar-refractivity contribution < 1.29 is 0 Å². The predicted molar refractivity (Wildman–Crippen MR) is 96.8 cm³/mol. The first-order valence-electron chi connectivity index (χ1n) is 6.78. The lowest BCUT2D eigenvalue weighted by Gasteiger charge is -2.05. The first-order valence-corrected chi connectivity index (χ1v) is 8.42. The smallest absolute Gasteiger partial charge is 0.187 e. The van der Waals surface area contributed by atoms with Gasteiger partial charge in [0.05, 0.1) is 5.69 Å². The normalized spacial score (nSPS) is 10.7. The summed E-state index contributed by atoms with van der Waals surface area (Å²) in [6, 6.07) is 11.8. The van der Waals surface area contributed by atoms with Gasteiger partial charge in [-0.05, 0) is 49.2 Å². The van der Waals surface area contributed by atoms with Crippen molar-refractivity contribution in [2.75, 3.05) is 5.32 Å². The minimum absolute atomic E-state index is 0.745. The minimum atomic E-state index is 0.745. The molecule has 0 aliphatic rings. The molecule has 0 saturated carbocycles. The van der Waals surface area contributed by atoms with Crippen LogP contribution in [0, 0.1) is 13.8 Å². The fourth-order valence-electron chi connectivity index (χ4n) is 2.06. The third-order valence-electron chi connectivity index (χ3n) is 3.38. The van der Waals surface area contributed by atoms with Crippen LogP contribution in [-0.2, 0) is 0 Å². The lowest BCUT2D eigenvalue weighted by atomic mass is 10.1. The lowest BCUT2D eigenvalue weighted by Crippen LogP contribution is -1.90. The standard InChI is InChI=1S/C17H14Cl2N2S/c1-10-3-5-13(8-15(10)19)20-17-21-16(9-22-17)12-4-6-14(18)11(2)7-12/h3-9H,1-2H3,(H,20,21). The van der Waals surface area contributed by atoms with Gasteiger partial charge in [0, 0.05) is 26.7 Å². The van der Waals surface area contributed by atoms with E-state index in [9.17, 15) is 0 Å². The second kappa shape index (κ2) is 6.29. The Bertz CT molecular complexity index is 827. The van der Waals surface area contributed by atoms with Gasteiger partial charge in [0.2, 0.25) is 0 Å². The molecule has 0 atom stereocenters. The minimum Gasteiger partial charge on any atom is -0.331 e. The largest absolute Gasteiger partial charge is 0.331 e. The summed E-state index contributed by atoms with van der Waals surface area (Å²) in [7, 11) is 0. The molecule has 0 amide bonds. The summed E-state index contributed by atoms with van der Waals surface area (Å²) >= 11 is 13.8. The topological polar surface area (TPSA) is 24.9 Å². The highest BCUT2D eigenvalue weighted by molar-refractivity contribution is 7.14. The molecule has 3 rings (SSSR count). The molecule has 3 aromatic rings. The van der Waals surface area contributed by atoms with Gasteiger partial charge in [0.25, 0.3) is 0 Å². The van der Waals surface area contributed by atoms with E-state index in [4.69, 9.17) is 23.2 Å². The van der Waals surface area contributed by atoms with Crippen molar-refractivity contribution in [3.63, 3.8) is 0 Å². The lowest BCUT2D eigenvalue weighted by molar-refractivity contribution is 1.36. The van der Waals surface area contributed by atoms with Crippen molar-refractivity contribution >= 4 is 45.4 Å². The van der Waals surface area contributed by atoms with Gasteiger partial charge in [-0.25, -0.2) is 4.98 Å². The van der Waals surface area contributed by atoms with E-state index in [1.165, 1.54) is 0 Å². The fraction of sp³-hybridized carbons (Fsp3) is 0.118. The molecule has 1 heterocycles. The maximum atomic E-state index is 6.14. The molecule has 2 nitrogen and oxygen atoms in total. The average Bonchev–Trinajstić information content (AvgIpc) is 2.94. The maximum Gasteiger partial charge on any atom is 0.187 e. The molecule has 0 unspecified atom stereocenters. The summed E-state index contributed by atoms with van der Waals surface area (Å²) < 4.78 is 0. The number of nitrogens with zero attached hydrogens (tertiary/aromatic N) is 1. The molecule has 0 saturated heterocycles. The van der Waals surface area contributed by atoms with Gasteiger partial charge >= 0.3 is 0 Å². The third-order valence-corrected chi connectivity index (χ3v) is 4.97. The van der Waals surface area contributed by atoms with Crippen molar-refractivity contribution in [2.24, 2.45) is 0 Å². The highest BCUT2D eigenvalue weighted by Crippen LogP contribution is 2.30. The van der Waals surface area contributed by atoms with Crippen molar-refractivity contribution in [1.29, 1.82) is 0 Å². The van der Waals surface area contributed by atoms with Crippen LogP contribution >= 0.6 is 34.5 Å². The zero-order valence-corrected chi connectivity index (χ0v) is 14.5. The van der Waals surface area contributed by atoms with E-state index in [0.717, 1.165) is 43.2 Å². The number of halogens is 2. The Kier molecular flexibility index (Phi) is 4.39. The second-order valence-corrected chi connectivity index (χ2v) is 6.76. The van der Waals surface area contributed by atoms with Crippen LogP contribution in [0.1, 0.15) is 11.1 Å². The van der Waals surface area contributed by atoms with E-state index in [1.807, 2.05) is 55.6 Å². The number of hydrogen-bond acceptors (Lipinski definition) is 3. The van der Waals surface area contributed by atoms with E-state index in [-0.39, 0.29) is 0 Å². The first-order chi connectivity index (χ1) is 10.5. The van der Waals surface area contributed by atoms with E-state index >= 15 is 0 Å². The van der Waals surface area contributed by atoms with Crippen molar-refractivity contribution in [3.8, 4) is 11.3 Å². The number of hydrogen-bond donors (Lipinski definition) is 1. The van der Waals surface area contributed by atoms with Crippen LogP contribution in [0.4, 0.5) is 10.8 Å². The van der Waals surface area contributed by atoms with Gasteiger partial charge in [-0.3, -0.25) is 0 Å². The summed E-state index contributed by atoms with van der Waals surface area (Å²) in [6.45, 7) is 3.97. The molecule has 0 fully saturated rings. The van der Waals surface area contributed by atoms with Crippen LogP contribution in [-0.4, -0.2) is 4.98 Å². The molecule has 0 bridgehead atoms. The molecule has 1 aromatic heterocycles. The summed E-state index contributed by atoms with van der Waals surface area (Å²) in [4.78, 5) is 4.62. The van der Waals surface area contributed by atoms with Gasteiger partial charge in [0.15, 0.2) is 5.13 Å². The van der Waals surface area contributed by atoms with Gasteiger partial charge in [-0.2, -0.15) is 0 Å². The Balaban J connectivity index is 1.84. The Hall–Kier alpha value is -1.55. The van der Waals surface area contributed by atoms with Crippen LogP contribution < -0.4 is 5.32 Å². The number of benzene rings is 2. The van der Waals surface area contributed by atoms with Crippen LogP contribution in [0.15, 0.2) is 41.8 Å². The second-order valence-electron chi connectivity index (χ2n) is 5.09. The Labute approximate surface area is 143 Å². The Morgan fingerprint density at radius 1 is 0.955 bits per heavy atom. The molecule has 22 heavy (non-hydrogen) atoms. The fourth-order valence-corrected chi connectivity index (χ4v) is 3.10. The zero-order chi connectivity index (χ0) is 15.7. The van der Waals surface area contributed by atoms with Gasteiger partial charge in [-0.1, -0.05) is 35.3 Å². The van der Waals surface area contributed by atoms with E-state index < -0.39 is 0 Å². The molecular weight excluding hydrogens is 335 g/mol. The molecule has 0 aliphatic carbocycles. The monoisotopic (exact) mass is 348 g/mol. The van der Waals surface area contributed by atoms with Crippen LogP contribution in [0.2, 0.25) is 10.0 Å². The number of anilines is 2. The summed E-state index contributed by atoms with van der Waals surface area (Å²) in [5, 5.41) is 7.66. The number of thiazole rings is 1.